The van der Waals surface area contributed by atoms with Crippen LogP contribution in [0.25, 0.3) is 11.3 Å². The Hall–Kier alpha value is -3.36. The van der Waals surface area contributed by atoms with Crippen LogP contribution < -0.4 is 15.4 Å². The van der Waals surface area contributed by atoms with E-state index >= 15 is 0 Å². The van der Waals surface area contributed by atoms with Gasteiger partial charge in [0.15, 0.2) is 0 Å². The van der Waals surface area contributed by atoms with Crippen molar-refractivity contribution < 1.29 is 17.9 Å². The summed E-state index contributed by atoms with van der Waals surface area (Å²) < 4.78 is 41.9. The predicted molar refractivity (Wildman–Crippen MR) is 112 cm³/mol. The van der Waals surface area contributed by atoms with Crippen molar-refractivity contribution >= 4 is 11.8 Å². The van der Waals surface area contributed by atoms with Crippen LogP contribution in [0.1, 0.15) is 31.2 Å². The van der Waals surface area contributed by atoms with Crippen molar-refractivity contribution in [2.75, 3.05) is 10.6 Å². The van der Waals surface area contributed by atoms with Crippen molar-refractivity contribution in [2.24, 2.45) is 0 Å². The maximum Gasteiger partial charge on any atom is 0.573 e. The Kier molecular flexibility index (Phi) is 6.20. The fourth-order valence-electron chi connectivity index (χ4n) is 3.55. The number of rotatable bonds is 7. The number of benzene rings is 1. The molecule has 162 valence electrons. The molecule has 1 aliphatic rings. The van der Waals surface area contributed by atoms with Gasteiger partial charge in [-0.1, -0.05) is 31.0 Å². The molecule has 1 fully saturated rings. The minimum Gasteiger partial charge on any atom is -0.406 e. The number of nitrogens with zero attached hydrogens (tertiary/aromatic N) is 3. The van der Waals surface area contributed by atoms with Gasteiger partial charge in [-0.05, 0) is 36.6 Å². The molecule has 0 atom stereocenters. The molecule has 1 aliphatic carbocycles. The lowest BCUT2D eigenvalue weighted by Crippen LogP contribution is -2.18. The maximum atomic E-state index is 12.6. The standard InChI is InChI=1S/C22H22F3N5O/c23-22(24,25)31-18-9-3-6-16(11-18)19-12-20(27-14-15-5-4-10-26-13-15)30-21(29-19)28-17-7-1-2-8-17/h3-6,9-13,17H,1-2,7-8,14H2,(H2,27,28,29,30). The highest BCUT2D eigenvalue weighted by Crippen LogP contribution is 2.29. The molecule has 0 amide bonds. The molecule has 4 rings (SSSR count). The third kappa shape index (κ3) is 6.07. The summed E-state index contributed by atoms with van der Waals surface area (Å²) in [6.07, 6.45) is 3.09. The van der Waals surface area contributed by atoms with Crippen LogP contribution in [0.3, 0.4) is 0 Å². The molecule has 0 saturated heterocycles. The first-order chi connectivity index (χ1) is 14.9. The Morgan fingerprint density at radius 3 is 2.61 bits per heavy atom. The molecule has 3 aromatic rings. The fourth-order valence-corrected chi connectivity index (χ4v) is 3.55. The summed E-state index contributed by atoms with van der Waals surface area (Å²) in [6, 6.07) is 11.6. The summed E-state index contributed by atoms with van der Waals surface area (Å²) in [6.45, 7) is 0.504. The number of nitrogens with one attached hydrogen (secondary N) is 2. The van der Waals surface area contributed by atoms with E-state index < -0.39 is 6.36 Å². The highest BCUT2D eigenvalue weighted by Gasteiger charge is 2.31. The summed E-state index contributed by atoms with van der Waals surface area (Å²) >= 11 is 0. The topological polar surface area (TPSA) is 72.0 Å². The average molecular weight is 429 g/mol. The van der Waals surface area contributed by atoms with E-state index in [1.165, 1.54) is 18.2 Å². The van der Waals surface area contributed by atoms with Gasteiger partial charge in [-0.2, -0.15) is 4.98 Å². The van der Waals surface area contributed by atoms with Gasteiger partial charge in [0.1, 0.15) is 11.6 Å². The molecular weight excluding hydrogens is 407 g/mol. The minimum atomic E-state index is -4.75. The van der Waals surface area contributed by atoms with Crippen LogP contribution in [0, 0.1) is 0 Å². The zero-order valence-electron chi connectivity index (χ0n) is 16.7. The summed E-state index contributed by atoms with van der Waals surface area (Å²) in [4.78, 5) is 13.2. The number of hydrogen-bond donors (Lipinski definition) is 2. The van der Waals surface area contributed by atoms with Gasteiger partial charge in [-0.3, -0.25) is 4.98 Å². The molecule has 0 spiro atoms. The van der Waals surface area contributed by atoms with Crippen LogP contribution in [0.15, 0.2) is 54.9 Å². The molecule has 31 heavy (non-hydrogen) atoms. The van der Waals surface area contributed by atoms with Crippen molar-refractivity contribution in [1.29, 1.82) is 0 Å². The van der Waals surface area contributed by atoms with Crippen LogP contribution in [0.5, 0.6) is 5.75 Å². The van der Waals surface area contributed by atoms with E-state index in [-0.39, 0.29) is 5.75 Å². The van der Waals surface area contributed by atoms with E-state index in [2.05, 4.69) is 30.3 Å². The van der Waals surface area contributed by atoms with E-state index in [0.717, 1.165) is 31.2 Å². The number of halogens is 3. The van der Waals surface area contributed by atoms with E-state index in [1.54, 1.807) is 24.5 Å². The van der Waals surface area contributed by atoms with E-state index in [4.69, 9.17) is 0 Å². The van der Waals surface area contributed by atoms with Crippen LogP contribution in [-0.4, -0.2) is 27.4 Å². The Bertz CT molecular complexity index is 1010. The van der Waals surface area contributed by atoms with Crippen molar-refractivity contribution in [1.82, 2.24) is 15.0 Å². The van der Waals surface area contributed by atoms with Gasteiger partial charge in [-0.25, -0.2) is 4.98 Å². The van der Waals surface area contributed by atoms with Crippen molar-refractivity contribution in [3.8, 4) is 17.0 Å². The molecule has 2 N–H and O–H groups in total. The van der Waals surface area contributed by atoms with Gasteiger partial charge >= 0.3 is 6.36 Å². The predicted octanol–water partition coefficient (Wildman–Crippen LogP) is 5.40. The Labute approximate surface area is 177 Å². The highest BCUT2D eigenvalue weighted by molar-refractivity contribution is 5.66. The van der Waals surface area contributed by atoms with Crippen LogP contribution in [0.2, 0.25) is 0 Å². The second kappa shape index (κ2) is 9.20. The minimum absolute atomic E-state index is 0.293. The molecule has 6 nitrogen and oxygen atoms in total. The number of aromatic nitrogens is 3. The number of anilines is 2. The molecule has 9 heteroatoms. The molecular formula is C22H22F3N5O. The molecule has 0 aliphatic heterocycles. The second-order valence-corrected chi connectivity index (χ2v) is 7.38. The van der Waals surface area contributed by atoms with E-state index in [1.807, 2.05) is 12.1 Å². The quantitative estimate of drug-likeness (QED) is 0.524. The Balaban J connectivity index is 1.61. The first kappa shape index (κ1) is 20.9. The molecule has 0 unspecified atom stereocenters. The third-order valence-corrected chi connectivity index (χ3v) is 4.97. The molecule has 0 bridgehead atoms. The second-order valence-electron chi connectivity index (χ2n) is 7.38. The molecule has 0 radical (unpaired) electrons. The Morgan fingerprint density at radius 2 is 1.87 bits per heavy atom. The number of hydrogen-bond acceptors (Lipinski definition) is 6. The lowest BCUT2D eigenvalue weighted by Gasteiger charge is -2.15. The van der Waals surface area contributed by atoms with Gasteiger partial charge in [0.25, 0.3) is 0 Å². The van der Waals surface area contributed by atoms with Crippen LogP contribution >= 0.6 is 0 Å². The number of alkyl halides is 3. The highest BCUT2D eigenvalue weighted by atomic mass is 19.4. The van der Waals surface area contributed by atoms with Gasteiger partial charge in [-0.15, -0.1) is 13.2 Å². The SMILES string of the molecule is FC(F)(F)Oc1cccc(-c2cc(NCc3cccnc3)nc(NC3CCCC3)n2)c1. The Morgan fingerprint density at radius 1 is 1.03 bits per heavy atom. The molecule has 1 saturated carbocycles. The number of ether oxygens (including phenoxy) is 1. The smallest absolute Gasteiger partial charge is 0.406 e. The molecule has 2 heterocycles. The molecule has 2 aromatic heterocycles. The third-order valence-electron chi connectivity index (χ3n) is 4.97. The molecule has 1 aromatic carbocycles. The van der Waals surface area contributed by atoms with Crippen LogP contribution in [0.4, 0.5) is 24.9 Å². The fraction of sp³-hybridized carbons (Fsp3) is 0.318. The lowest BCUT2D eigenvalue weighted by molar-refractivity contribution is -0.274. The largest absolute Gasteiger partial charge is 0.573 e. The zero-order chi connectivity index (χ0) is 21.7. The summed E-state index contributed by atoms with van der Waals surface area (Å²) in [5.41, 5.74) is 1.98. The lowest BCUT2D eigenvalue weighted by atomic mass is 10.1. The van der Waals surface area contributed by atoms with Gasteiger partial charge in [0.2, 0.25) is 5.95 Å². The van der Waals surface area contributed by atoms with Crippen LogP contribution in [-0.2, 0) is 6.54 Å². The summed E-state index contributed by atoms with van der Waals surface area (Å²) in [5.74, 6) is 0.718. The first-order valence-electron chi connectivity index (χ1n) is 10.1. The summed E-state index contributed by atoms with van der Waals surface area (Å²) in [5, 5.41) is 6.60. The van der Waals surface area contributed by atoms with Crippen molar-refractivity contribution in [3.05, 3.63) is 60.4 Å². The van der Waals surface area contributed by atoms with Crippen molar-refractivity contribution in [2.45, 2.75) is 44.6 Å². The van der Waals surface area contributed by atoms with Crippen molar-refractivity contribution in [3.63, 3.8) is 0 Å². The monoisotopic (exact) mass is 429 g/mol. The van der Waals surface area contributed by atoms with E-state index in [9.17, 15) is 13.2 Å². The zero-order valence-corrected chi connectivity index (χ0v) is 16.7. The van der Waals surface area contributed by atoms with E-state index in [0.29, 0.717) is 35.6 Å². The maximum absolute atomic E-state index is 12.6. The van der Waals surface area contributed by atoms with Gasteiger partial charge in [0.05, 0.1) is 5.69 Å². The average Bonchev–Trinajstić information content (AvgIpc) is 3.25. The number of pyridine rings is 1. The summed E-state index contributed by atoms with van der Waals surface area (Å²) in [7, 11) is 0. The first-order valence-corrected chi connectivity index (χ1v) is 10.1. The normalized spacial score (nSPS) is 14.4. The van der Waals surface area contributed by atoms with Gasteiger partial charge in [0, 0.05) is 36.6 Å². The van der Waals surface area contributed by atoms with Gasteiger partial charge < -0.3 is 15.4 Å².